The lowest BCUT2D eigenvalue weighted by atomic mass is 10.0. The summed E-state index contributed by atoms with van der Waals surface area (Å²) in [7, 11) is 0. The van der Waals surface area contributed by atoms with Crippen LogP contribution in [0.1, 0.15) is 5.56 Å². The fourth-order valence-corrected chi connectivity index (χ4v) is 4.43. The third-order valence-corrected chi connectivity index (χ3v) is 6.02. The Morgan fingerprint density at radius 2 is 1.90 bits per heavy atom. The normalized spacial score (nSPS) is 11.5. The summed E-state index contributed by atoms with van der Waals surface area (Å²) in [6.07, 6.45) is 5.52. The molecule has 0 unspecified atom stereocenters. The highest BCUT2D eigenvalue weighted by Gasteiger charge is 2.16. The molecule has 0 aliphatic carbocycles. The summed E-state index contributed by atoms with van der Waals surface area (Å²) in [4.78, 5) is 17.1. The van der Waals surface area contributed by atoms with Gasteiger partial charge in [-0.15, -0.1) is 0 Å². The van der Waals surface area contributed by atoms with Crippen LogP contribution in [0.15, 0.2) is 65.7 Å². The van der Waals surface area contributed by atoms with E-state index in [1.54, 1.807) is 11.3 Å². The smallest absolute Gasteiger partial charge is 0.159 e. The number of benzene rings is 1. The number of pyridine rings is 2. The second-order valence-corrected chi connectivity index (χ2v) is 7.96. The molecule has 5 heterocycles. The molecule has 0 atom stereocenters. The zero-order valence-electron chi connectivity index (χ0n) is 16.0. The number of rotatable bonds is 3. The van der Waals surface area contributed by atoms with Crippen molar-refractivity contribution >= 4 is 33.3 Å². The Bertz CT molecular complexity index is 1510. The van der Waals surface area contributed by atoms with Crippen LogP contribution in [0.4, 0.5) is 0 Å². The van der Waals surface area contributed by atoms with Crippen molar-refractivity contribution in [3.8, 4) is 33.9 Å². The van der Waals surface area contributed by atoms with Gasteiger partial charge in [-0.25, -0.2) is 4.98 Å². The molecule has 0 saturated carbocycles. The molecule has 6 nitrogen and oxygen atoms in total. The standard InChI is InChI=1S/C23H16N6S/c1-13-4-7-24-11-17(13)14-2-3-18-16(10-14)21(29-28-18)23-26-19-5-8-25-20(22(19)27-23)15-6-9-30-12-15/h2-12H,1H3,(H,26,27)(H,28,29). The Morgan fingerprint density at radius 3 is 2.77 bits per heavy atom. The van der Waals surface area contributed by atoms with Crippen molar-refractivity contribution in [3.05, 3.63) is 71.3 Å². The monoisotopic (exact) mass is 408 g/mol. The van der Waals surface area contributed by atoms with Crippen LogP contribution < -0.4 is 0 Å². The topological polar surface area (TPSA) is 83.1 Å². The first-order chi connectivity index (χ1) is 14.8. The average Bonchev–Trinajstić information content (AvgIpc) is 3.51. The highest BCUT2D eigenvalue weighted by Crippen LogP contribution is 2.33. The molecule has 144 valence electrons. The zero-order chi connectivity index (χ0) is 20.1. The largest absolute Gasteiger partial charge is 0.336 e. The van der Waals surface area contributed by atoms with Crippen LogP contribution in [0.2, 0.25) is 0 Å². The number of hydrogen-bond acceptors (Lipinski definition) is 5. The number of aromatic nitrogens is 6. The number of imidazole rings is 1. The summed E-state index contributed by atoms with van der Waals surface area (Å²) in [6, 6.07) is 12.3. The molecule has 0 amide bonds. The van der Waals surface area contributed by atoms with Crippen molar-refractivity contribution in [3.63, 3.8) is 0 Å². The average molecular weight is 408 g/mol. The maximum absolute atomic E-state index is 4.87. The second-order valence-electron chi connectivity index (χ2n) is 7.18. The van der Waals surface area contributed by atoms with Crippen molar-refractivity contribution in [1.29, 1.82) is 0 Å². The number of nitrogens with one attached hydrogen (secondary N) is 2. The van der Waals surface area contributed by atoms with Crippen LogP contribution in [-0.2, 0) is 0 Å². The third-order valence-electron chi connectivity index (χ3n) is 5.33. The lowest BCUT2D eigenvalue weighted by Crippen LogP contribution is -1.86. The summed E-state index contributed by atoms with van der Waals surface area (Å²) >= 11 is 1.65. The Morgan fingerprint density at radius 1 is 0.933 bits per heavy atom. The number of H-pyrrole nitrogens is 2. The number of hydrogen-bond donors (Lipinski definition) is 2. The van der Waals surface area contributed by atoms with Crippen LogP contribution in [0.25, 0.3) is 55.8 Å². The third kappa shape index (κ3) is 2.63. The van der Waals surface area contributed by atoms with E-state index in [2.05, 4.69) is 61.7 Å². The summed E-state index contributed by atoms with van der Waals surface area (Å²) in [6.45, 7) is 2.09. The maximum atomic E-state index is 4.87. The summed E-state index contributed by atoms with van der Waals surface area (Å²) in [5, 5.41) is 12.8. The van der Waals surface area contributed by atoms with Crippen molar-refractivity contribution < 1.29 is 0 Å². The van der Waals surface area contributed by atoms with Crippen LogP contribution >= 0.6 is 11.3 Å². The minimum absolute atomic E-state index is 0.723. The molecule has 30 heavy (non-hydrogen) atoms. The quantitative estimate of drug-likeness (QED) is 0.399. The molecule has 1 aromatic carbocycles. The molecule has 5 aromatic heterocycles. The minimum atomic E-state index is 0.723. The number of aryl methyl sites for hydroxylation is 1. The van der Waals surface area contributed by atoms with E-state index in [1.807, 2.05) is 36.1 Å². The van der Waals surface area contributed by atoms with E-state index in [4.69, 9.17) is 4.98 Å². The molecule has 6 rings (SSSR count). The SMILES string of the molecule is Cc1ccncc1-c1ccc2[nH]nc(-c3nc4c(-c5ccsc5)nccc4[nH]3)c2c1. The van der Waals surface area contributed by atoms with Gasteiger partial charge in [0.15, 0.2) is 5.82 Å². The molecule has 0 aliphatic rings. The zero-order valence-corrected chi connectivity index (χ0v) is 16.9. The summed E-state index contributed by atoms with van der Waals surface area (Å²) in [5.41, 5.74) is 8.90. The van der Waals surface area contributed by atoms with Crippen molar-refractivity contribution in [2.75, 3.05) is 0 Å². The van der Waals surface area contributed by atoms with Crippen molar-refractivity contribution in [2.45, 2.75) is 6.92 Å². The first kappa shape index (κ1) is 17.1. The highest BCUT2D eigenvalue weighted by atomic mass is 32.1. The maximum Gasteiger partial charge on any atom is 0.159 e. The molecule has 0 aliphatic heterocycles. The van der Waals surface area contributed by atoms with Gasteiger partial charge in [-0.1, -0.05) is 6.07 Å². The van der Waals surface area contributed by atoms with Crippen LogP contribution in [0, 0.1) is 6.92 Å². The van der Waals surface area contributed by atoms with E-state index in [1.165, 1.54) is 5.56 Å². The van der Waals surface area contributed by atoms with Gasteiger partial charge in [0, 0.05) is 40.5 Å². The fraction of sp³-hybridized carbons (Fsp3) is 0.0435. The molecule has 7 heteroatoms. The van der Waals surface area contributed by atoms with Gasteiger partial charge in [-0.05, 0) is 53.8 Å². The lowest BCUT2D eigenvalue weighted by molar-refractivity contribution is 1.11. The Hall–Kier alpha value is -3.84. The molecule has 0 spiro atoms. The van der Waals surface area contributed by atoms with Gasteiger partial charge >= 0.3 is 0 Å². The van der Waals surface area contributed by atoms with Gasteiger partial charge in [-0.3, -0.25) is 15.1 Å². The number of fused-ring (bicyclic) bond motifs is 2. The van der Waals surface area contributed by atoms with Gasteiger partial charge < -0.3 is 4.98 Å². The van der Waals surface area contributed by atoms with Gasteiger partial charge in [0.05, 0.1) is 16.7 Å². The molecule has 6 aromatic rings. The van der Waals surface area contributed by atoms with E-state index < -0.39 is 0 Å². The molecular weight excluding hydrogens is 392 g/mol. The van der Waals surface area contributed by atoms with E-state index in [9.17, 15) is 0 Å². The highest BCUT2D eigenvalue weighted by molar-refractivity contribution is 7.08. The molecule has 0 radical (unpaired) electrons. The van der Waals surface area contributed by atoms with E-state index in [-0.39, 0.29) is 0 Å². The molecule has 0 bridgehead atoms. The molecular formula is C23H16N6S. The Balaban J connectivity index is 1.53. The second kappa shape index (κ2) is 6.60. The first-order valence-corrected chi connectivity index (χ1v) is 10.5. The summed E-state index contributed by atoms with van der Waals surface area (Å²) < 4.78 is 0. The van der Waals surface area contributed by atoms with Crippen LogP contribution in [-0.4, -0.2) is 30.1 Å². The first-order valence-electron chi connectivity index (χ1n) is 9.55. The van der Waals surface area contributed by atoms with Gasteiger partial charge in [0.2, 0.25) is 0 Å². The van der Waals surface area contributed by atoms with Gasteiger partial charge in [0.1, 0.15) is 11.2 Å². The molecule has 0 fully saturated rings. The van der Waals surface area contributed by atoms with E-state index in [0.717, 1.165) is 55.8 Å². The van der Waals surface area contributed by atoms with E-state index >= 15 is 0 Å². The van der Waals surface area contributed by atoms with Crippen LogP contribution in [0.3, 0.4) is 0 Å². The van der Waals surface area contributed by atoms with Gasteiger partial charge in [0.25, 0.3) is 0 Å². The molecule has 0 saturated heterocycles. The predicted molar refractivity (Wildman–Crippen MR) is 120 cm³/mol. The Kier molecular flexibility index (Phi) is 3.75. The Labute approximate surface area is 175 Å². The van der Waals surface area contributed by atoms with Crippen molar-refractivity contribution in [1.82, 2.24) is 30.1 Å². The van der Waals surface area contributed by atoms with Gasteiger partial charge in [-0.2, -0.15) is 16.4 Å². The van der Waals surface area contributed by atoms with E-state index in [0.29, 0.717) is 0 Å². The summed E-state index contributed by atoms with van der Waals surface area (Å²) in [5.74, 6) is 0.723. The lowest BCUT2D eigenvalue weighted by Gasteiger charge is -2.05. The number of thiophene rings is 1. The van der Waals surface area contributed by atoms with Crippen molar-refractivity contribution in [2.24, 2.45) is 0 Å². The number of nitrogens with zero attached hydrogens (tertiary/aromatic N) is 4. The van der Waals surface area contributed by atoms with Crippen LogP contribution in [0.5, 0.6) is 0 Å². The molecule has 2 N–H and O–H groups in total. The minimum Gasteiger partial charge on any atom is -0.336 e. The number of aromatic amines is 2. The fourth-order valence-electron chi connectivity index (χ4n) is 3.79. The predicted octanol–water partition coefficient (Wildman–Crippen LogP) is 5.60.